The SMILES string of the molecule is NC(=O)c1ccc(Cl)cc1Oc1ccc(Br)cc1. The molecule has 2 rings (SSSR count). The van der Waals surface area contributed by atoms with Crippen LogP contribution in [-0.2, 0) is 0 Å². The van der Waals surface area contributed by atoms with Gasteiger partial charge in [0.15, 0.2) is 0 Å². The third-order valence-corrected chi connectivity index (χ3v) is 3.01. The summed E-state index contributed by atoms with van der Waals surface area (Å²) >= 11 is 9.20. The number of nitrogens with two attached hydrogens (primary N) is 1. The van der Waals surface area contributed by atoms with Crippen LogP contribution in [-0.4, -0.2) is 5.91 Å². The summed E-state index contributed by atoms with van der Waals surface area (Å²) in [6, 6.07) is 11.9. The van der Waals surface area contributed by atoms with Crippen LogP contribution in [0, 0.1) is 0 Å². The van der Waals surface area contributed by atoms with Gasteiger partial charge in [-0.3, -0.25) is 4.79 Å². The molecule has 0 saturated carbocycles. The number of halogens is 2. The normalized spacial score (nSPS) is 10.1. The van der Waals surface area contributed by atoms with Gasteiger partial charge in [-0.05, 0) is 36.4 Å². The highest BCUT2D eigenvalue weighted by Crippen LogP contribution is 2.28. The van der Waals surface area contributed by atoms with Crippen molar-refractivity contribution in [3.63, 3.8) is 0 Å². The minimum absolute atomic E-state index is 0.294. The van der Waals surface area contributed by atoms with Gasteiger partial charge in [0.1, 0.15) is 11.5 Å². The van der Waals surface area contributed by atoms with E-state index >= 15 is 0 Å². The zero-order chi connectivity index (χ0) is 13.1. The van der Waals surface area contributed by atoms with E-state index in [1.807, 2.05) is 12.1 Å². The van der Waals surface area contributed by atoms with Gasteiger partial charge in [0.2, 0.25) is 0 Å². The first-order chi connectivity index (χ1) is 8.56. The molecule has 0 saturated heterocycles. The molecular formula is C13H9BrClNO2. The highest BCUT2D eigenvalue weighted by atomic mass is 79.9. The van der Waals surface area contributed by atoms with E-state index in [-0.39, 0.29) is 0 Å². The zero-order valence-corrected chi connectivity index (χ0v) is 11.5. The number of ether oxygens (including phenoxy) is 1. The molecule has 0 aromatic heterocycles. The van der Waals surface area contributed by atoms with Crippen molar-refractivity contribution in [2.45, 2.75) is 0 Å². The van der Waals surface area contributed by atoms with Crippen LogP contribution >= 0.6 is 27.5 Å². The maximum Gasteiger partial charge on any atom is 0.252 e. The topological polar surface area (TPSA) is 52.3 Å². The van der Waals surface area contributed by atoms with E-state index in [2.05, 4.69) is 15.9 Å². The summed E-state index contributed by atoms with van der Waals surface area (Å²) in [5.74, 6) is 0.388. The van der Waals surface area contributed by atoms with Gasteiger partial charge in [0, 0.05) is 15.6 Å². The van der Waals surface area contributed by atoms with Crippen LogP contribution in [0.15, 0.2) is 46.9 Å². The Hall–Kier alpha value is -1.52. The molecule has 0 radical (unpaired) electrons. The molecule has 2 aromatic rings. The molecule has 0 aliphatic heterocycles. The van der Waals surface area contributed by atoms with E-state index in [9.17, 15) is 4.79 Å². The van der Waals surface area contributed by atoms with Gasteiger partial charge in [0.25, 0.3) is 5.91 Å². The molecular weight excluding hydrogens is 318 g/mol. The fourth-order valence-corrected chi connectivity index (χ4v) is 1.84. The fourth-order valence-electron chi connectivity index (χ4n) is 1.41. The molecule has 0 fully saturated rings. The second-order valence-corrected chi connectivity index (χ2v) is 4.91. The standard InChI is InChI=1S/C13H9BrClNO2/c14-8-1-4-10(5-2-8)18-12-7-9(15)3-6-11(12)13(16)17/h1-7H,(H2,16,17). The number of hydrogen-bond acceptors (Lipinski definition) is 2. The van der Waals surface area contributed by atoms with Gasteiger partial charge in [-0.2, -0.15) is 0 Å². The van der Waals surface area contributed by atoms with Crippen molar-refractivity contribution in [2.75, 3.05) is 0 Å². The summed E-state index contributed by atoms with van der Waals surface area (Å²) in [4.78, 5) is 11.3. The summed E-state index contributed by atoms with van der Waals surface area (Å²) in [5, 5.41) is 0.479. The lowest BCUT2D eigenvalue weighted by molar-refractivity contribution is 0.0998. The molecule has 1 amide bonds. The molecule has 0 heterocycles. The van der Waals surface area contributed by atoms with Gasteiger partial charge in [-0.1, -0.05) is 27.5 Å². The summed E-state index contributed by atoms with van der Waals surface area (Å²) in [6.45, 7) is 0. The highest BCUT2D eigenvalue weighted by molar-refractivity contribution is 9.10. The highest BCUT2D eigenvalue weighted by Gasteiger charge is 2.10. The number of hydrogen-bond donors (Lipinski definition) is 1. The molecule has 5 heteroatoms. The van der Waals surface area contributed by atoms with Crippen molar-refractivity contribution in [1.82, 2.24) is 0 Å². The summed E-state index contributed by atoms with van der Waals surface area (Å²) in [7, 11) is 0. The van der Waals surface area contributed by atoms with Crippen molar-refractivity contribution >= 4 is 33.4 Å². The van der Waals surface area contributed by atoms with Crippen molar-refractivity contribution in [1.29, 1.82) is 0 Å². The average molecular weight is 327 g/mol. The monoisotopic (exact) mass is 325 g/mol. The summed E-state index contributed by atoms with van der Waals surface area (Å²) < 4.78 is 6.54. The molecule has 0 atom stereocenters. The van der Waals surface area contributed by atoms with Crippen LogP contribution in [0.4, 0.5) is 0 Å². The molecule has 92 valence electrons. The first-order valence-corrected chi connectivity index (χ1v) is 6.26. The van der Waals surface area contributed by atoms with E-state index in [0.717, 1.165) is 4.47 Å². The average Bonchev–Trinajstić information content (AvgIpc) is 2.32. The maximum atomic E-state index is 11.3. The maximum absolute atomic E-state index is 11.3. The first kappa shape index (κ1) is 12.9. The quantitative estimate of drug-likeness (QED) is 0.927. The van der Waals surface area contributed by atoms with Gasteiger partial charge in [-0.25, -0.2) is 0 Å². The summed E-state index contributed by atoms with van der Waals surface area (Å²) in [6.07, 6.45) is 0. The van der Waals surface area contributed by atoms with E-state index in [0.29, 0.717) is 22.1 Å². The third-order valence-electron chi connectivity index (χ3n) is 2.25. The predicted octanol–water partition coefficient (Wildman–Crippen LogP) is 3.99. The van der Waals surface area contributed by atoms with Crippen molar-refractivity contribution in [3.05, 3.63) is 57.5 Å². The second-order valence-electron chi connectivity index (χ2n) is 3.56. The lowest BCUT2D eigenvalue weighted by Gasteiger charge is -2.09. The van der Waals surface area contributed by atoms with Crippen LogP contribution in [0.25, 0.3) is 0 Å². The largest absolute Gasteiger partial charge is 0.456 e. The first-order valence-electron chi connectivity index (χ1n) is 5.09. The van der Waals surface area contributed by atoms with Gasteiger partial charge in [0.05, 0.1) is 5.56 Å². The summed E-state index contributed by atoms with van der Waals surface area (Å²) in [5.41, 5.74) is 5.57. The van der Waals surface area contributed by atoms with Crippen molar-refractivity contribution in [2.24, 2.45) is 5.73 Å². The zero-order valence-electron chi connectivity index (χ0n) is 9.19. The molecule has 0 unspecified atom stereocenters. The molecule has 0 aliphatic rings. The van der Waals surface area contributed by atoms with E-state index in [4.69, 9.17) is 22.1 Å². The van der Waals surface area contributed by atoms with Gasteiger partial charge < -0.3 is 10.5 Å². The predicted molar refractivity (Wildman–Crippen MR) is 74.2 cm³/mol. The van der Waals surface area contributed by atoms with Crippen LogP contribution in [0.3, 0.4) is 0 Å². The van der Waals surface area contributed by atoms with Crippen LogP contribution in [0.1, 0.15) is 10.4 Å². The lowest BCUT2D eigenvalue weighted by atomic mass is 10.2. The van der Waals surface area contributed by atoms with Crippen molar-refractivity contribution < 1.29 is 9.53 Å². The number of benzene rings is 2. The van der Waals surface area contributed by atoms with Crippen LogP contribution in [0.5, 0.6) is 11.5 Å². The molecule has 0 aliphatic carbocycles. The van der Waals surface area contributed by atoms with Crippen LogP contribution < -0.4 is 10.5 Å². The van der Waals surface area contributed by atoms with Crippen molar-refractivity contribution in [3.8, 4) is 11.5 Å². The number of rotatable bonds is 3. The van der Waals surface area contributed by atoms with E-state index in [1.54, 1.807) is 30.3 Å². The fraction of sp³-hybridized carbons (Fsp3) is 0. The van der Waals surface area contributed by atoms with Crippen LogP contribution in [0.2, 0.25) is 5.02 Å². The van der Waals surface area contributed by atoms with Gasteiger partial charge in [-0.15, -0.1) is 0 Å². The Labute approximate surface area is 118 Å². The number of carbonyl (C=O) groups excluding carboxylic acids is 1. The van der Waals surface area contributed by atoms with E-state index < -0.39 is 5.91 Å². The number of amides is 1. The Kier molecular flexibility index (Phi) is 3.89. The Balaban J connectivity index is 2.35. The minimum atomic E-state index is -0.557. The Morgan fingerprint density at radius 2 is 1.83 bits per heavy atom. The van der Waals surface area contributed by atoms with Gasteiger partial charge >= 0.3 is 0 Å². The Morgan fingerprint density at radius 1 is 1.17 bits per heavy atom. The lowest BCUT2D eigenvalue weighted by Crippen LogP contribution is -2.12. The molecule has 0 spiro atoms. The molecule has 2 N–H and O–H groups in total. The van der Waals surface area contributed by atoms with E-state index in [1.165, 1.54) is 0 Å². The number of carbonyl (C=O) groups is 1. The smallest absolute Gasteiger partial charge is 0.252 e. The molecule has 18 heavy (non-hydrogen) atoms. The number of primary amides is 1. The minimum Gasteiger partial charge on any atom is -0.456 e. The second kappa shape index (κ2) is 5.42. The molecule has 3 nitrogen and oxygen atoms in total. The Bertz CT molecular complexity index is 584. The molecule has 0 bridgehead atoms. The third kappa shape index (κ3) is 3.03. The molecule has 2 aromatic carbocycles. The Morgan fingerprint density at radius 3 is 2.44 bits per heavy atom.